The van der Waals surface area contributed by atoms with Gasteiger partial charge in [-0.15, -0.1) is 0 Å². The Hall–Kier alpha value is -4.12. The van der Waals surface area contributed by atoms with Crippen LogP contribution in [0, 0.1) is 0 Å². The van der Waals surface area contributed by atoms with Crippen LogP contribution in [-0.2, 0) is 10.8 Å². The summed E-state index contributed by atoms with van der Waals surface area (Å²) in [5.41, 5.74) is 11.8. The van der Waals surface area contributed by atoms with Crippen LogP contribution in [0.15, 0.2) is 88.7 Å². The monoisotopic (exact) mass is 535 g/mol. The molecule has 2 aliphatic carbocycles. The van der Waals surface area contributed by atoms with Crippen molar-refractivity contribution in [3.05, 3.63) is 117 Å². The SMILES string of the molecule is CC1=C(/C=C/C2=C(C)c3ccc(C(=O)O)cc3C2(C)C)CC/C1=C\C=C1\N(C)c2ccc(C(=O)O)cc2C1(C)C. The number of fused-ring (bicyclic) bond motifs is 2. The molecule has 206 valence electrons. The van der Waals surface area contributed by atoms with Gasteiger partial charge >= 0.3 is 11.9 Å². The van der Waals surface area contributed by atoms with Gasteiger partial charge in [-0.1, -0.05) is 52.0 Å². The average Bonchev–Trinajstić information content (AvgIpc) is 3.41. The summed E-state index contributed by atoms with van der Waals surface area (Å²) in [6.07, 6.45) is 10.8. The smallest absolute Gasteiger partial charge is 0.335 e. The minimum atomic E-state index is -0.908. The third-order valence-electron chi connectivity index (χ3n) is 9.22. The summed E-state index contributed by atoms with van der Waals surface area (Å²) in [6, 6.07) is 10.8. The molecule has 2 aromatic rings. The first-order valence-electron chi connectivity index (χ1n) is 13.8. The molecule has 2 aromatic carbocycles. The van der Waals surface area contributed by atoms with Crippen LogP contribution in [-0.4, -0.2) is 29.2 Å². The van der Waals surface area contributed by atoms with Crippen LogP contribution in [0.4, 0.5) is 5.69 Å². The van der Waals surface area contributed by atoms with Crippen LogP contribution in [0.2, 0.25) is 0 Å². The van der Waals surface area contributed by atoms with Crippen LogP contribution in [0.25, 0.3) is 5.57 Å². The van der Waals surface area contributed by atoms with E-state index in [-0.39, 0.29) is 10.8 Å². The second-order valence-corrected chi connectivity index (χ2v) is 12.2. The van der Waals surface area contributed by atoms with Crippen molar-refractivity contribution in [2.45, 2.75) is 65.2 Å². The van der Waals surface area contributed by atoms with E-state index in [1.807, 2.05) is 25.2 Å². The number of benzene rings is 2. The summed E-state index contributed by atoms with van der Waals surface area (Å²) in [5, 5.41) is 19.0. The molecule has 5 rings (SSSR count). The zero-order valence-corrected chi connectivity index (χ0v) is 24.3. The molecule has 0 atom stereocenters. The summed E-state index contributed by atoms with van der Waals surface area (Å²) in [7, 11) is 2.04. The van der Waals surface area contributed by atoms with E-state index in [2.05, 4.69) is 70.7 Å². The molecular formula is C35H37NO4. The first-order chi connectivity index (χ1) is 18.7. The number of hydrogen-bond acceptors (Lipinski definition) is 3. The van der Waals surface area contributed by atoms with E-state index in [0.717, 1.165) is 40.9 Å². The van der Waals surface area contributed by atoms with Crippen molar-refractivity contribution in [3.63, 3.8) is 0 Å². The summed E-state index contributed by atoms with van der Waals surface area (Å²) in [5.74, 6) is -1.81. The van der Waals surface area contributed by atoms with E-state index < -0.39 is 11.9 Å². The lowest BCUT2D eigenvalue weighted by Crippen LogP contribution is -2.22. The van der Waals surface area contributed by atoms with E-state index in [0.29, 0.717) is 11.1 Å². The number of anilines is 1. The molecule has 1 heterocycles. The van der Waals surface area contributed by atoms with Crippen molar-refractivity contribution in [3.8, 4) is 0 Å². The Morgan fingerprint density at radius 2 is 1.43 bits per heavy atom. The molecule has 0 saturated carbocycles. The highest BCUT2D eigenvalue weighted by Gasteiger charge is 2.39. The molecule has 0 amide bonds. The van der Waals surface area contributed by atoms with Gasteiger partial charge in [0.1, 0.15) is 0 Å². The second kappa shape index (κ2) is 9.51. The fourth-order valence-electron chi connectivity index (χ4n) is 6.71. The highest BCUT2D eigenvalue weighted by molar-refractivity contribution is 5.91. The Bertz CT molecular complexity index is 1620. The number of carboxylic acids is 2. The van der Waals surface area contributed by atoms with Gasteiger partial charge in [0.25, 0.3) is 0 Å². The van der Waals surface area contributed by atoms with Crippen LogP contribution < -0.4 is 4.90 Å². The number of hydrogen-bond donors (Lipinski definition) is 2. The molecular weight excluding hydrogens is 498 g/mol. The fourth-order valence-corrected chi connectivity index (χ4v) is 6.71. The van der Waals surface area contributed by atoms with Crippen LogP contribution >= 0.6 is 0 Å². The molecule has 3 aliphatic rings. The number of nitrogens with zero attached hydrogens (tertiary/aromatic N) is 1. The predicted octanol–water partition coefficient (Wildman–Crippen LogP) is 8.05. The Kier molecular flexibility index (Phi) is 6.53. The lowest BCUT2D eigenvalue weighted by atomic mass is 9.80. The lowest BCUT2D eigenvalue weighted by Gasteiger charge is -2.24. The lowest BCUT2D eigenvalue weighted by molar-refractivity contribution is 0.0686. The Morgan fingerprint density at radius 1 is 0.800 bits per heavy atom. The summed E-state index contributed by atoms with van der Waals surface area (Å²) in [6.45, 7) is 12.9. The van der Waals surface area contributed by atoms with Gasteiger partial charge < -0.3 is 15.1 Å². The van der Waals surface area contributed by atoms with E-state index in [1.165, 1.54) is 27.9 Å². The van der Waals surface area contributed by atoms with Crippen LogP contribution in [0.5, 0.6) is 0 Å². The van der Waals surface area contributed by atoms with Crippen molar-refractivity contribution < 1.29 is 19.8 Å². The van der Waals surface area contributed by atoms with E-state index >= 15 is 0 Å². The number of carbonyl (C=O) groups is 2. The van der Waals surface area contributed by atoms with Gasteiger partial charge in [-0.2, -0.15) is 0 Å². The Labute approximate surface area is 236 Å². The zero-order valence-electron chi connectivity index (χ0n) is 24.3. The number of rotatable bonds is 5. The van der Waals surface area contributed by atoms with E-state index in [4.69, 9.17) is 0 Å². The largest absolute Gasteiger partial charge is 0.478 e. The normalized spacial score (nSPS) is 21.2. The number of allylic oxidation sites excluding steroid dienone is 10. The van der Waals surface area contributed by atoms with Gasteiger partial charge in [-0.05, 0) is 108 Å². The maximum Gasteiger partial charge on any atom is 0.335 e. The van der Waals surface area contributed by atoms with Crippen LogP contribution in [0.1, 0.15) is 91.8 Å². The quantitative estimate of drug-likeness (QED) is 0.405. The van der Waals surface area contributed by atoms with Gasteiger partial charge in [-0.25, -0.2) is 9.59 Å². The van der Waals surface area contributed by atoms with Gasteiger partial charge in [0, 0.05) is 29.3 Å². The topological polar surface area (TPSA) is 77.8 Å². The molecule has 0 unspecified atom stereocenters. The van der Waals surface area contributed by atoms with Crippen molar-refractivity contribution >= 4 is 23.2 Å². The highest BCUT2D eigenvalue weighted by Crippen LogP contribution is 2.49. The van der Waals surface area contributed by atoms with Crippen molar-refractivity contribution in [1.29, 1.82) is 0 Å². The van der Waals surface area contributed by atoms with Gasteiger partial charge in [0.2, 0.25) is 0 Å². The summed E-state index contributed by atoms with van der Waals surface area (Å²) < 4.78 is 0. The Balaban J connectivity index is 1.42. The molecule has 40 heavy (non-hydrogen) atoms. The molecule has 0 bridgehead atoms. The zero-order chi connectivity index (χ0) is 29.1. The molecule has 0 aromatic heterocycles. The third kappa shape index (κ3) is 4.25. The molecule has 0 saturated heterocycles. The van der Waals surface area contributed by atoms with E-state index in [9.17, 15) is 19.8 Å². The highest BCUT2D eigenvalue weighted by atomic mass is 16.4. The molecule has 5 heteroatoms. The van der Waals surface area contributed by atoms with Crippen LogP contribution in [0.3, 0.4) is 0 Å². The number of aromatic carboxylic acids is 2. The van der Waals surface area contributed by atoms with Gasteiger partial charge in [0.15, 0.2) is 0 Å². The van der Waals surface area contributed by atoms with E-state index in [1.54, 1.807) is 18.2 Å². The van der Waals surface area contributed by atoms with Gasteiger partial charge in [0.05, 0.1) is 11.1 Å². The van der Waals surface area contributed by atoms with Crippen molar-refractivity contribution in [1.82, 2.24) is 0 Å². The third-order valence-corrected chi connectivity index (χ3v) is 9.22. The molecule has 2 N–H and O–H groups in total. The fraction of sp³-hybridized carbons (Fsp3) is 0.314. The first-order valence-corrected chi connectivity index (χ1v) is 13.8. The minimum Gasteiger partial charge on any atom is -0.478 e. The number of likely N-dealkylation sites (N-methyl/N-ethyl adjacent to an activating group) is 1. The maximum atomic E-state index is 11.6. The molecule has 0 spiro atoms. The molecule has 0 fully saturated rings. The number of carboxylic acid groups (broad SMARTS) is 2. The minimum absolute atomic E-state index is 0.272. The average molecular weight is 536 g/mol. The summed E-state index contributed by atoms with van der Waals surface area (Å²) >= 11 is 0. The van der Waals surface area contributed by atoms with Gasteiger partial charge in [-0.3, -0.25) is 0 Å². The van der Waals surface area contributed by atoms with Crippen molar-refractivity contribution in [2.24, 2.45) is 0 Å². The first kappa shape index (κ1) is 27.4. The Morgan fingerprint density at radius 3 is 2.08 bits per heavy atom. The molecule has 1 aliphatic heterocycles. The molecule has 5 nitrogen and oxygen atoms in total. The standard InChI is InChI=1S/C35H37NO4/c1-20-22(11-15-27-21(2)26-14-10-24(32(37)38)18-28(26)34(27,3)4)8-9-23(20)13-17-31-35(5,6)29-19-25(33(39)40)12-16-30(29)36(31)7/h10-19H,8-9H2,1-7H3,(H,37,38)(H,39,40)/b15-11+,23-13+,31-17+. The predicted molar refractivity (Wildman–Crippen MR) is 161 cm³/mol. The summed E-state index contributed by atoms with van der Waals surface area (Å²) in [4.78, 5) is 25.3. The van der Waals surface area contributed by atoms with Crippen molar-refractivity contribution in [2.75, 3.05) is 11.9 Å². The second-order valence-electron chi connectivity index (χ2n) is 12.2. The molecule has 0 radical (unpaired) electrons. The maximum absolute atomic E-state index is 11.6.